The van der Waals surface area contributed by atoms with Gasteiger partial charge in [0.15, 0.2) is 0 Å². The van der Waals surface area contributed by atoms with Gasteiger partial charge in [-0.25, -0.2) is 4.39 Å². The zero-order valence-corrected chi connectivity index (χ0v) is 23.3. The van der Waals surface area contributed by atoms with Crippen LogP contribution < -0.4 is 0 Å². The molecule has 1 radical (unpaired) electrons. The van der Waals surface area contributed by atoms with Crippen molar-refractivity contribution in [3.8, 4) is 17.1 Å². The van der Waals surface area contributed by atoms with Gasteiger partial charge >= 0.3 is 0 Å². The zero-order valence-electron chi connectivity index (χ0n) is 20.9. The molecule has 0 unspecified atom stereocenters. The second-order valence-corrected chi connectivity index (χ2v) is 9.81. The van der Waals surface area contributed by atoms with Gasteiger partial charge in [0.1, 0.15) is 11.4 Å². The Morgan fingerprint density at radius 1 is 0.892 bits per heavy atom. The summed E-state index contributed by atoms with van der Waals surface area (Å²) in [5.41, 5.74) is 6.33. The van der Waals surface area contributed by atoms with Gasteiger partial charge < -0.3 is 8.98 Å². The van der Waals surface area contributed by atoms with Crippen molar-refractivity contribution in [1.82, 2.24) is 9.55 Å². The fraction of sp³-hybridized carbons (Fsp3) is 0.194. The molecule has 37 heavy (non-hydrogen) atoms. The first-order valence-corrected chi connectivity index (χ1v) is 12.2. The number of hydrogen-bond acceptors (Lipinski definition) is 2. The molecular weight excluding hydrogens is 647 g/mol. The van der Waals surface area contributed by atoms with Crippen molar-refractivity contribution in [2.75, 3.05) is 0 Å². The normalized spacial score (nSPS) is 11.8. The van der Waals surface area contributed by atoms with Crippen molar-refractivity contribution in [3.63, 3.8) is 0 Å². The molecule has 2 aromatic heterocycles. The molecule has 189 valence electrons. The predicted molar refractivity (Wildman–Crippen MR) is 141 cm³/mol. The van der Waals surface area contributed by atoms with Crippen molar-refractivity contribution in [1.29, 1.82) is 0 Å². The molecule has 0 saturated carbocycles. The van der Waals surface area contributed by atoms with Gasteiger partial charge in [-0.3, -0.25) is 9.37 Å². The number of rotatable bonds is 4. The molecule has 0 aliphatic heterocycles. The van der Waals surface area contributed by atoms with Crippen LogP contribution in [0, 0.1) is 17.7 Å². The number of imidazole rings is 1. The van der Waals surface area contributed by atoms with Crippen LogP contribution in [0.4, 0.5) is 8.78 Å². The Bertz CT molecular complexity index is 1760. The summed E-state index contributed by atoms with van der Waals surface area (Å²) < 4.78 is 37.3. The molecule has 6 heteroatoms. The Balaban J connectivity index is 0.00000280. The number of aromatic nitrogens is 2. The van der Waals surface area contributed by atoms with Crippen LogP contribution >= 0.6 is 0 Å². The first kappa shape index (κ1) is 25.3. The van der Waals surface area contributed by atoms with E-state index in [9.17, 15) is 4.39 Å². The number of para-hydroxylation sites is 3. The minimum Gasteiger partial charge on any atom is -0.500 e. The predicted octanol–water partition coefficient (Wildman–Crippen LogP) is 8.91. The van der Waals surface area contributed by atoms with Gasteiger partial charge in [0.25, 0.3) is 0 Å². The van der Waals surface area contributed by atoms with Crippen LogP contribution in [0.15, 0.2) is 71.1 Å². The molecule has 0 atom stereocenters. The molecule has 0 N–H and O–H groups in total. The van der Waals surface area contributed by atoms with Gasteiger partial charge in [-0.1, -0.05) is 63.6 Å². The largest absolute Gasteiger partial charge is 0.500 e. The summed E-state index contributed by atoms with van der Waals surface area (Å²) in [5, 5.41) is 0.825. The SMILES string of the molecule is CC(C)c1cccc(C(C)C)c1-n1c(-c2[c-]cc(F)c3c2oc2cc(F)ccc23)nc2ccccc21.[Ir]. The molecule has 0 aliphatic carbocycles. The number of nitrogens with zero attached hydrogens (tertiary/aromatic N) is 2. The van der Waals surface area contributed by atoms with E-state index in [0.717, 1.165) is 16.7 Å². The maximum absolute atomic E-state index is 15.1. The first-order valence-electron chi connectivity index (χ1n) is 12.2. The van der Waals surface area contributed by atoms with Crippen LogP contribution in [0.3, 0.4) is 0 Å². The molecule has 0 amide bonds. The van der Waals surface area contributed by atoms with E-state index in [1.165, 1.54) is 29.3 Å². The molecular formula is C31H25F2IrN2O-. The van der Waals surface area contributed by atoms with Crippen molar-refractivity contribution < 1.29 is 33.3 Å². The molecule has 0 bridgehead atoms. The molecule has 0 spiro atoms. The second kappa shape index (κ2) is 9.51. The zero-order chi connectivity index (χ0) is 25.1. The van der Waals surface area contributed by atoms with E-state index in [1.54, 1.807) is 6.07 Å². The summed E-state index contributed by atoms with van der Waals surface area (Å²) in [5.74, 6) is 0.230. The third-order valence-corrected chi connectivity index (χ3v) is 6.81. The smallest absolute Gasteiger partial charge is 0.126 e. The number of benzene rings is 4. The number of halogens is 2. The fourth-order valence-corrected chi connectivity index (χ4v) is 5.11. The monoisotopic (exact) mass is 672 g/mol. The van der Waals surface area contributed by atoms with Crippen LogP contribution in [-0.2, 0) is 20.1 Å². The Hall–Kier alpha value is -3.34. The van der Waals surface area contributed by atoms with E-state index in [0.29, 0.717) is 27.7 Å². The standard InChI is InChI=1S/C31H25F2N2O.Ir/c1-17(2)20-8-7-9-21(18(3)4)29(20)35-26-11-6-5-10-25(26)34-31(35)23-14-15-24(33)28-22-13-12-19(32)16-27(22)36-30(23)28;/h5-13,15-18H,1-4H3;/q-1;. The van der Waals surface area contributed by atoms with E-state index in [2.05, 4.69) is 56.5 Å². The van der Waals surface area contributed by atoms with E-state index < -0.39 is 11.6 Å². The summed E-state index contributed by atoms with van der Waals surface area (Å²) >= 11 is 0. The third kappa shape index (κ3) is 4.00. The van der Waals surface area contributed by atoms with Gasteiger partial charge in [0, 0.05) is 43.1 Å². The fourth-order valence-electron chi connectivity index (χ4n) is 5.11. The van der Waals surface area contributed by atoms with Crippen molar-refractivity contribution >= 4 is 33.0 Å². The van der Waals surface area contributed by atoms with E-state index in [-0.39, 0.29) is 37.5 Å². The minimum absolute atomic E-state index is 0. The second-order valence-electron chi connectivity index (χ2n) is 9.81. The molecule has 2 heterocycles. The van der Waals surface area contributed by atoms with Crippen LogP contribution in [0.5, 0.6) is 0 Å². The number of hydrogen-bond donors (Lipinski definition) is 0. The Morgan fingerprint density at radius 3 is 2.30 bits per heavy atom. The van der Waals surface area contributed by atoms with E-state index in [1.807, 2.05) is 24.3 Å². The Labute approximate surface area is 227 Å². The maximum Gasteiger partial charge on any atom is 0.126 e. The van der Waals surface area contributed by atoms with Gasteiger partial charge in [0.2, 0.25) is 0 Å². The van der Waals surface area contributed by atoms with Crippen LogP contribution in [0.1, 0.15) is 50.7 Å². The van der Waals surface area contributed by atoms with Crippen molar-refractivity contribution in [2.24, 2.45) is 0 Å². The molecule has 6 aromatic rings. The quantitative estimate of drug-likeness (QED) is 0.175. The van der Waals surface area contributed by atoms with Gasteiger partial charge in [0.05, 0.1) is 22.4 Å². The van der Waals surface area contributed by atoms with Gasteiger partial charge in [-0.2, -0.15) is 0 Å². The summed E-state index contributed by atoms with van der Waals surface area (Å²) in [7, 11) is 0. The molecule has 6 rings (SSSR count). The molecule has 0 aliphatic rings. The first-order chi connectivity index (χ1) is 17.3. The summed E-state index contributed by atoms with van der Waals surface area (Å²) in [6.45, 7) is 8.71. The molecule has 4 aromatic carbocycles. The van der Waals surface area contributed by atoms with E-state index in [4.69, 9.17) is 9.40 Å². The third-order valence-electron chi connectivity index (χ3n) is 6.81. The summed E-state index contributed by atoms with van der Waals surface area (Å²) in [6, 6.07) is 22.9. The maximum atomic E-state index is 15.1. The molecule has 0 fully saturated rings. The molecule has 0 saturated heterocycles. The van der Waals surface area contributed by atoms with E-state index >= 15 is 4.39 Å². The molecule has 3 nitrogen and oxygen atoms in total. The average molecular weight is 672 g/mol. The Kier molecular flexibility index (Phi) is 6.51. The number of furan rings is 1. The average Bonchev–Trinajstić information content (AvgIpc) is 3.42. The van der Waals surface area contributed by atoms with Crippen LogP contribution in [0.2, 0.25) is 0 Å². The minimum atomic E-state index is -0.466. The van der Waals surface area contributed by atoms with Crippen LogP contribution in [0.25, 0.3) is 50.0 Å². The summed E-state index contributed by atoms with van der Waals surface area (Å²) in [4.78, 5) is 5.00. The Morgan fingerprint density at radius 2 is 1.59 bits per heavy atom. The number of fused-ring (bicyclic) bond motifs is 4. The van der Waals surface area contributed by atoms with Gasteiger partial charge in [-0.05, 0) is 52.6 Å². The van der Waals surface area contributed by atoms with Crippen molar-refractivity contribution in [2.45, 2.75) is 39.5 Å². The van der Waals surface area contributed by atoms with Crippen LogP contribution in [-0.4, -0.2) is 9.55 Å². The summed E-state index contributed by atoms with van der Waals surface area (Å²) in [6.07, 6.45) is 0. The van der Waals surface area contributed by atoms with Crippen molar-refractivity contribution in [3.05, 3.63) is 95.6 Å². The topological polar surface area (TPSA) is 31.0 Å². The van der Waals surface area contributed by atoms with Gasteiger partial charge in [-0.15, -0.1) is 12.1 Å².